The molecule has 0 aromatic heterocycles. The Balaban J connectivity index is 1.96. The van der Waals surface area contributed by atoms with Gasteiger partial charge in [0.05, 0.1) is 6.04 Å². The van der Waals surface area contributed by atoms with Gasteiger partial charge in [0.25, 0.3) is 0 Å². The van der Waals surface area contributed by atoms with Crippen LogP contribution in [-0.2, 0) is 25.7 Å². The van der Waals surface area contributed by atoms with E-state index >= 15 is 0 Å². The van der Waals surface area contributed by atoms with Crippen LogP contribution >= 0.6 is 0 Å². The maximum absolute atomic E-state index is 12.9. The Morgan fingerprint density at radius 1 is 1.13 bits per heavy atom. The van der Waals surface area contributed by atoms with E-state index < -0.39 is 29.7 Å². The predicted octanol–water partition coefficient (Wildman–Crippen LogP) is 2.28. The van der Waals surface area contributed by atoms with Gasteiger partial charge in [0.2, 0.25) is 5.78 Å². The van der Waals surface area contributed by atoms with Crippen molar-refractivity contribution in [2.24, 2.45) is 11.8 Å². The summed E-state index contributed by atoms with van der Waals surface area (Å²) in [6.45, 7) is 4.32. The molecule has 0 radical (unpaired) electrons. The number of hydrazine groups is 1. The van der Waals surface area contributed by atoms with Gasteiger partial charge in [-0.2, -0.15) is 0 Å². The zero-order valence-corrected chi connectivity index (χ0v) is 17.6. The van der Waals surface area contributed by atoms with E-state index in [9.17, 15) is 19.2 Å². The van der Waals surface area contributed by atoms with Gasteiger partial charge in [-0.05, 0) is 24.3 Å². The third-order valence-corrected chi connectivity index (χ3v) is 5.10. The first-order valence-corrected chi connectivity index (χ1v) is 10.5. The van der Waals surface area contributed by atoms with Crippen molar-refractivity contribution in [1.82, 2.24) is 16.2 Å². The van der Waals surface area contributed by atoms with Crippen molar-refractivity contribution in [3.63, 3.8) is 0 Å². The number of Topliss-reactive ketones (excluding diaryl/α,β-unsaturated/α-hetero) is 2. The molecule has 30 heavy (non-hydrogen) atoms. The molecule has 1 aliphatic rings. The molecule has 0 aliphatic carbocycles. The summed E-state index contributed by atoms with van der Waals surface area (Å²) in [7, 11) is 0. The molecule has 1 saturated heterocycles. The monoisotopic (exact) mass is 417 g/mol. The molecular weight excluding hydrogens is 386 g/mol. The van der Waals surface area contributed by atoms with Crippen LogP contribution in [0.1, 0.15) is 51.5 Å². The average molecular weight is 418 g/mol. The van der Waals surface area contributed by atoms with Gasteiger partial charge in [-0.15, -0.1) is 0 Å². The highest BCUT2D eigenvalue weighted by Crippen LogP contribution is 2.19. The zero-order valence-electron chi connectivity index (χ0n) is 17.6. The predicted molar refractivity (Wildman–Crippen MR) is 111 cm³/mol. The first-order chi connectivity index (χ1) is 14.4. The molecule has 8 heteroatoms. The van der Waals surface area contributed by atoms with Crippen molar-refractivity contribution in [2.45, 2.75) is 58.6 Å². The lowest BCUT2D eigenvalue weighted by atomic mass is 9.87. The van der Waals surface area contributed by atoms with Gasteiger partial charge >= 0.3 is 12.0 Å². The van der Waals surface area contributed by atoms with E-state index in [1.807, 2.05) is 44.2 Å². The number of rotatable bonds is 7. The highest BCUT2D eigenvalue weighted by atomic mass is 16.5. The topological polar surface area (TPSA) is 114 Å². The van der Waals surface area contributed by atoms with Gasteiger partial charge in [0, 0.05) is 18.9 Å². The van der Waals surface area contributed by atoms with Gasteiger partial charge in [0.15, 0.2) is 5.78 Å². The Bertz CT molecular complexity index is 736. The van der Waals surface area contributed by atoms with Crippen LogP contribution < -0.4 is 16.2 Å². The number of alkyl carbamates (subject to hydrolysis) is 1. The molecule has 1 aliphatic heterocycles. The zero-order chi connectivity index (χ0) is 21.9. The summed E-state index contributed by atoms with van der Waals surface area (Å²) in [6.07, 6.45) is 2.23. The van der Waals surface area contributed by atoms with Crippen LogP contribution in [0.25, 0.3) is 0 Å². The molecule has 164 valence electrons. The highest BCUT2D eigenvalue weighted by Gasteiger charge is 2.32. The van der Waals surface area contributed by atoms with Crippen molar-refractivity contribution >= 4 is 23.6 Å². The molecule has 2 rings (SSSR count). The normalized spacial score (nSPS) is 19.0. The van der Waals surface area contributed by atoms with E-state index in [1.165, 1.54) is 0 Å². The first-order valence-electron chi connectivity index (χ1n) is 10.5. The molecule has 2 unspecified atom stereocenters. The molecule has 1 heterocycles. The van der Waals surface area contributed by atoms with Crippen molar-refractivity contribution in [1.29, 1.82) is 0 Å². The maximum atomic E-state index is 12.9. The van der Waals surface area contributed by atoms with Crippen molar-refractivity contribution < 1.29 is 23.9 Å². The van der Waals surface area contributed by atoms with Gasteiger partial charge < -0.3 is 10.1 Å². The van der Waals surface area contributed by atoms with E-state index in [0.717, 1.165) is 24.8 Å². The van der Waals surface area contributed by atoms with Crippen LogP contribution in [0.2, 0.25) is 0 Å². The number of hydrogen-bond acceptors (Lipinski definition) is 6. The van der Waals surface area contributed by atoms with Crippen LogP contribution in [-0.4, -0.2) is 36.2 Å². The lowest BCUT2D eigenvalue weighted by Gasteiger charge is -2.23. The second-order valence-corrected chi connectivity index (χ2v) is 7.89. The van der Waals surface area contributed by atoms with Crippen LogP contribution in [0.15, 0.2) is 30.3 Å². The molecule has 8 nitrogen and oxygen atoms in total. The number of nitrogens with one attached hydrogen (secondary N) is 3. The molecule has 1 aromatic carbocycles. The Labute approximate surface area is 177 Å². The maximum Gasteiger partial charge on any atom is 0.408 e. The Hall–Kier alpha value is -2.74. The van der Waals surface area contributed by atoms with Crippen molar-refractivity contribution in [2.75, 3.05) is 6.54 Å². The minimum atomic E-state index is -0.794. The standard InChI is InChI=1S/C22H31N3O5/c1-15(2)19(24-22(29)30-14-16-9-5-3-6-10-16)18(26)13-17-11-7-4-8-12-23-25-21(28)20(17)27/h3,5-6,9-10,15,17,19,23H,4,7-8,11-14H2,1-2H3,(H,24,29)(H,25,28). The van der Waals surface area contributed by atoms with E-state index in [0.29, 0.717) is 13.0 Å². The Morgan fingerprint density at radius 2 is 1.87 bits per heavy atom. The number of carbonyl (C=O) groups excluding carboxylic acids is 4. The molecule has 1 fully saturated rings. The number of ether oxygens (including phenoxy) is 1. The summed E-state index contributed by atoms with van der Waals surface area (Å²) < 4.78 is 5.21. The fourth-order valence-electron chi connectivity index (χ4n) is 3.38. The van der Waals surface area contributed by atoms with Gasteiger partial charge in [-0.25, -0.2) is 10.2 Å². The SMILES string of the molecule is CC(C)C(NC(=O)OCc1ccccc1)C(=O)CC1CCCCCNNC(=O)C1=O. The third kappa shape index (κ3) is 7.59. The summed E-state index contributed by atoms with van der Waals surface area (Å²) in [5, 5.41) is 2.62. The minimum Gasteiger partial charge on any atom is -0.445 e. The summed E-state index contributed by atoms with van der Waals surface area (Å²) in [6, 6.07) is 8.44. The summed E-state index contributed by atoms with van der Waals surface area (Å²) in [5.41, 5.74) is 5.95. The molecule has 2 amide bonds. The lowest BCUT2D eigenvalue weighted by molar-refractivity contribution is -0.142. The minimum absolute atomic E-state index is 0.0892. The second kappa shape index (κ2) is 12.1. The smallest absolute Gasteiger partial charge is 0.408 e. The van der Waals surface area contributed by atoms with Crippen molar-refractivity contribution in [3.8, 4) is 0 Å². The van der Waals surface area contributed by atoms with E-state index in [4.69, 9.17) is 4.74 Å². The molecule has 1 aromatic rings. The van der Waals surface area contributed by atoms with Crippen LogP contribution in [0.4, 0.5) is 4.79 Å². The largest absolute Gasteiger partial charge is 0.445 e. The molecule has 0 bridgehead atoms. The number of hydrogen-bond donors (Lipinski definition) is 3. The van der Waals surface area contributed by atoms with E-state index in [-0.39, 0.29) is 24.7 Å². The summed E-state index contributed by atoms with van der Waals surface area (Å²) >= 11 is 0. The Morgan fingerprint density at radius 3 is 2.57 bits per heavy atom. The fraction of sp³-hybridized carbons (Fsp3) is 0.545. The molecule has 3 N–H and O–H groups in total. The number of amides is 2. The van der Waals surface area contributed by atoms with Crippen LogP contribution in [0.3, 0.4) is 0 Å². The quantitative estimate of drug-likeness (QED) is 0.587. The molecule has 0 spiro atoms. The van der Waals surface area contributed by atoms with Crippen LogP contribution in [0, 0.1) is 11.8 Å². The fourth-order valence-corrected chi connectivity index (χ4v) is 3.38. The summed E-state index contributed by atoms with van der Waals surface area (Å²) in [4.78, 5) is 49.6. The number of benzene rings is 1. The summed E-state index contributed by atoms with van der Waals surface area (Å²) in [5.74, 6) is -2.50. The third-order valence-electron chi connectivity index (χ3n) is 5.10. The molecule has 0 saturated carbocycles. The van der Waals surface area contributed by atoms with Crippen molar-refractivity contribution in [3.05, 3.63) is 35.9 Å². The second-order valence-electron chi connectivity index (χ2n) is 7.89. The van der Waals surface area contributed by atoms with Gasteiger partial charge in [0.1, 0.15) is 6.61 Å². The van der Waals surface area contributed by atoms with E-state index in [1.54, 1.807) is 0 Å². The van der Waals surface area contributed by atoms with Crippen LogP contribution in [0.5, 0.6) is 0 Å². The number of ketones is 2. The van der Waals surface area contributed by atoms with Gasteiger partial charge in [-0.3, -0.25) is 19.8 Å². The molecular formula is C22H31N3O5. The lowest BCUT2D eigenvalue weighted by Crippen LogP contribution is -2.47. The first kappa shape index (κ1) is 23.5. The average Bonchev–Trinajstić information content (AvgIpc) is 2.73. The van der Waals surface area contributed by atoms with E-state index in [2.05, 4.69) is 16.2 Å². The Kier molecular flexibility index (Phi) is 9.47. The highest BCUT2D eigenvalue weighted by molar-refractivity contribution is 6.37. The number of carbonyl (C=O) groups is 4. The molecule has 2 atom stereocenters. The van der Waals surface area contributed by atoms with Gasteiger partial charge in [-0.1, -0.05) is 57.0 Å².